The van der Waals surface area contributed by atoms with Crippen LogP contribution in [-0.4, -0.2) is 15.1 Å². The Kier molecular flexibility index (Phi) is 0.917. The fourth-order valence-corrected chi connectivity index (χ4v) is 0.964. The summed E-state index contributed by atoms with van der Waals surface area (Å²) in [4.78, 5) is 6.71. The molecule has 0 aromatic carbocycles. The number of aromatic amines is 1. The Bertz CT molecular complexity index is 353. The molecule has 2 aromatic rings. The summed E-state index contributed by atoms with van der Waals surface area (Å²) in [5, 5.41) is 10.1. The Morgan fingerprint density at radius 3 is 3.10 bits per heavy atom. The van der Waals surface area contributed by atoms with E-state index in [1.807, 2.05) is 6.07 Å². The van der Waals surface area contributed by atoms with Crippen molar-refractivity contribution in [1.29, 1.82) is 0 Å². The lowest BCUT2D eigenvalue weighted by molar-refractivity contribution is 0.478. The first-order chi connectivity index (χ1) is 4.88. The molecular weight excluding hydrogens is 128 g/mol. The van der Waals surface area contributed by atoms with Crippen molar-refractivity contribution in [1.82, 2.24) is 9.97 Å². The van der Waals surface area contributed by atoms with Crippen molar-refractivity contribution < 1.29 is 5.11 Å². The summed E-state index contributed by atoms with van der Waals surface area (Å²) >= 11 is 0. The molecule has 50 valence electrons. The Morgan fingerprint density at radius 2 is 2.30 bits per heavy atom. The molecule has 2 heterocycles. The van der Waals surface area contributed by atoms with E-state index in [0.717, 1.165) is 10.9 Å². The van der Waals surface area contributed by atoms with Crippen LogP contribution in [0.3, 0.4) is 0 Å². The maximum absolute atomic E-state index is 9.17. The predicted molar refractivity (Wildman–Crippen MR) is 37.8 cm³/mol. The zero-order valence-electron chi connectivity index (χ0n) is 5.20. The third kappa shape index (κ3) is 0.572. The van der Waals surface area contributed by atoms with Gasteiger partial charge in [-0.15, -0.1) is 0 Å². The lowest BCUT2D eigenvalue weighted by Crippen LogP contribution is -1.72. The molecule has 3 nitrogen and oxygen atoms in total. The number of pyridine rings is 1. The van der Waals surface area contributed by atoms with Gasteiger partial charge in [-0.05, 0) is 6.07 Å². The Morgan fingerprint density at radius 1 is 1.40 bits per heavy atom. The fourth-order valence-electron chi connectivity index (χ4n) is 0.964. The van der Waals surface area contributed by atoms with Gasteiger partial charge in [-0.3, -0.25) is 4.98 Å². The van der Waals surface area contributed by atoms with Crippen LogP contribution >= 0.6 is 0 Å². The van der Waals surface area contributed by atoms with Crippen LogP contribution < -0.4 is 0 Å². The van der Waals surface area contributed by atoms with E-state index in [1.54, 1.807) is 12.4 Å². The van der Waals surface area contributed by atoms with Gasteiger partial charge in [0.25, 0.3) is 0 Å². The standard InChI is InChI=1S/C7H6N2O/c10-6-4-8-3-5-1-2-9-7(5)6/h1-4,9-10H. The Labute approximate surface area is 57.3 Å². The summed E-state index contributed by atoms with van der Waals surface area (Å²) in [6.45, 7) is 0. The van der Waals surface area contributed by atoms with E-state index in [9.17, 15) is 0 Å². The van der Waals surface area contributed by atoms with Crippen LogP contribution in [-0.2, 0) is 0 Å². The molecule has 0 saturated heterocycles. The molecule has 0 aliphatic carbocycles. The second-order valence-corrected chi connectivity index (χ2v) is 2.10. The van der Waals surface area contributed by atoms with Gasteiger partial charge in [-0.2, -0.15) is 0 Å². The molecule has 0 fully saturated rings. The summed E-state index contributed by atoms with van der Waals surface area (Å²) in [5.74, 6) is 0.197. The molecule has 2 aromatic heterocycles. The number of aromatic nitrogens is 2. The van der Waals surface area contributed by atoms with Crippen LogP contribution in [0.25, 0.3) is 10.9 Å². The summed E-state index contributed by atoms with van der Waals surface area (Å²) in [5.41, 5.74) is 0.745. The third-order valence-corrected chi connectivity index (χ3v) is 1.45. The monoisotopic (exact) mass is 134 g/mol. The topological polar surface area (TPSA) is 48.9 Å². The van der Waals surface area contributed by atoms with E-state index < -0.39 is 0 Å². The minimum atomic E-state index is 0.197. The molecular formula is C7H6N2O. The Hall–Kier alpha value is -1.51. The van der Waals surface area contributed by atoms with Gasteiger partial charge in [0.2, 0.25) is 0 Å². The number of H-pyrrole nitrogens is 1. The van der Waals surface area contributed by atoms with Gasteiger partial charge in [0.05, 0.1) is 11.7 Å². The molecule has 0 aliphatic heterocycles. The number of rotatable bonds is 0. The molecule has 10 heavy (non-hydrogen) atoms. The fraction of sp³-hybridized carbons (Fsp3) is 0. The van der Waals surface area contributed by atoms with Crippen molar-refractivity contribution in [3.8, 4) is 5.75 Å². The zero-order chi connectivity index (χ0) is 6.97. The number of hydrogen-bond acceptors (Lipinski definition) is 2. The lowest BCUT2D eigenvalue weighted by atomic mass is 10.3. The van der Waals surface area contributed by atoms with Crippen molar-refractivity contribution in [2.45, 2.75) is 0 Å². The van der Waals surface area contributed by atoms with Gasteiger partial charge in [-0.25, -0.2) is 0 Å². The first kappa shape index (κ1) is 5.29. The summed E-state index contributed by atoms with van der Waals surface area (Å²) in [6.07, 6.45) is 4.89. The smallest absolute Gasteiger partial charge is 0.158 e. The molecule has 2 rings (SSSR count). The molecule has 0 unspecified atom stereocenters. The molecule has 0 aliphatic rings. The van der Waals surface area contributed by atoms with Gasteiger partial charge in [0, 0.05) is 17.8 Å². The summed E-state index contributed by atoms with van der Waals surface area (Å²) < 4.78 is 0. The van der Waals surface area contributed by atoms with Crippen LogP contribution in [0.4, 0.5) is 0 Å². The van der Waals surface area contributed by atoms with Crippen molar-refractivity contribution in [2.75, 3.05) is 0 Å². The number of aromatic hydroxyl groups is 1. The molecule has 0 spiro atoms. The number of fused-ring (bicyclic) bond motifs is 1. The molecule has 0 bridgehead atoms. The highest BCUT2D eigenvalue weighted by molar-refractivity contribution is 5.83. The maximum atomic E-state index is 9.17. The highest BCUT2D eigenvalue weighted by atomic mass is 16.3. The highest BCUT2D eigenvalue weighted by Crippen LogP contribution is 2.19. The van der Waals surface area contributed by atoms with E-state index in [4.69, 9.17) is 5.11 Å². The molecule has 2 N–H and O–H groups in total. The van der Waals surface area contributed by atoms with Crippen molar-refractivity contribution >= 4 is 10.9 Å². The summed E-state index contributed by atoms with van der Waals surface area (Å²) in [7, 11) is 0. The van der Waals surface area contributed by atoms with E-state index in [2.05, 4.69) is 9.97 Å². The Balaban J connectivity index is 2.95. The number of nitrogens with one attached hydrogen (secondary N) is 1. The minimum absolute atomic E-state index is 0.197. The van der Waals surface area contributed by atoms with Gasteiger partial charge in [0.1, 0.15) is 0 Å². The largest absolute Gasteiger partial charge is 0.504 e. The quantitative estimate of drug-likeness (QED) is 0.570. The zero-order valence-corrected chi connectivity index (χ0v) is 5.20. The van der Waals surface area contributed by atoms with Crippen LogP contribution in [0.15, 0.2) is 24.7 Å². The van der Waals surface area contributed by atoms with Crippen LogP contribution in [0, 0.1) is 0 Å². The average molecular weight is 134 g/mol. The van der Waals surface area contributed by atoms with Crippen LogP contribution in [0.5, 0.6) is 5.75 Å². The lowest BCUT2D eigenvalue weighted by Gasteiger charge is -1.90. The van der Waals surface area contributed by atoms with Gasteiger partial charge < -0.3 is 10.1 Å². The molecule has 0 amide bonds. The van der Waals surface area contributed by atoms with Gasteiger partial charge in [0.15, 0.2) is 5.75 Å². The molecule has 0 atom stereocenters. The summed E-state index contributed by atoms with van der Waals surface area (Å²) in [6, 6.07) is 1.86. The van der Waals surface area contributed by atoms with Crippen molar-refractivity contribution in [3.63, 3.8) is 0 Å². The van der Waals surface area contributed by atoms with Gasteiger partial charge in [-0.1, -0.05) is 0 Å². The second kappa shape index (κ2) is 1.73. The number of nitrogens with zero attached hydrogens (tertiary/aromatic N) is 1. The van der Waals surface area contributed by atoms with Crippen LogP contribution in [0.2, 0.25) is 0 Å². The maximum Gasteiger partial charge on any atom is 0.158 e. The minimum Gasteiger partial charge on any atom is -0.504 e. The van der Waals surface area contributed by atoms with E-state index in [0.29, 0.717) is 0 Å². The normalized spacial score (nSPS) is 10.4. The van der Waals surface area contributed by atoms with E-state index >= 15 is 0 Å². The van der Waals surface area contributed by atoms with Gasteiger partial charge >= 0.3 is 0 Å². The highest BCUT2D eigenvalue weighted by Gasteiger charge is 1.97. The molecule has 0 radical (unpaired) electrons. The molecule has 3 heteroatoms. The predicted octanol–water partition coefficient (Wildman–Crippen LogP) is 1.27. The van der Waals surface area contributed by atoms with Crippen molar-refractivity contribution in [3.05, 3.63) is 24.7 Å². The van der Waals surface area contributed by atoms with E-state index in [1.165, 1.54) is 6.20 Å². The number of hydrogen-bond donors (Lipinski definition) is 2. The SMILES string of the molecule is Oc1cncc2cc[nH]c12. The first-order valence-corrected chi connectivity index (χ1v) is 2.98. The van der Waals surface area contributed by atoms with Crippen LogP contribution in [0.1, 0.15) is 0 Å². The van der Waals surface area contributed by atoms with E-state index in [-0.39, 0.29) is 5.75 Å². The first-order valence-electron chi connectivity index (χ1n) is 2.98. The second-order valence-electron chi connectivity index (χ2n) is 2.10. The average Bonchev–Trinajstić information content (AvgIpc) is 2.36. The van der Waals surface area contributed by atoms with Crippen molar-refractivity contribution in [2.24, 2.45) is 0 Å². The molecule has 0 saturated carbocycles. The third-order valence-electron chi connectivity index (χ3n) is 1.45.